The average Bonchev–Trinajstić information content (AvgIpc) is 2.20. The number of thioether (sulfide) groups is 1. The molecule has 1 rings (SSSR count). The molecule has 0 aliphatic rings. The highest BCUT2D eigenvalue weighted by Gasteiger charge is 2.06. The summed E-state index contributed by atoms with van der Waals surface area (Å²) < 4.78 is 0. The summed E-state index contributed by atoms with van der Waals surface area (Å²) >= 11 is 1.81. The van der Waals surface area contributed by atoms with E-state index in [9.17, 15) is 4.79 Å². The minimum atomic E-state index is -0.0794. The quantitative estimate of drug-likeness (QED) is 0.378. The fraction of sp³-hybridized carbons (Fsp3) is 0.417. The van der Waals surface area contributed by atoms with Crippen molar-refractivity contribution in [2.24, 2.45) is 5.84 Å². The third kappa shape index (κ3) is 4.24. The molecule has 1 aromatic rings. The molecule has 0 spiro atoms. The van der Waals surface area contributed by atoms with Crippen molar-refractivity contribution in [2.45, 2.75) is 30.4 Å². The molecule has 0 fully saturated rings. The third-order valence-corrected chi connectivity index (χ3v) is 3.06. The SMILES string of the molecule is CC(C)Sc1ccc(CC(=O)N(C)N)cc1. The summed E-state index contributed by atoms with van der Waals surface area (Å²) in [5, 5.41) is 1.69. The van der Waals surface area contributed by atoms with Crippen molar-refractivity contribution in [3.8, 4) is 0 Å². The smallest absolute Gasteiger partial charge is 0.240 e. The summed E-state index contributed by atoms with van der Waals surface area (Å²) in [7, 11) is 1.56. The summed E-state index contributed by atoms with van der Waals surface area (Å²) in [5.41, 5.74) is 0.996. The molecule has 4 heteroatoms. The van der Waals surface area contributed by atoms with Gasteiger partial charge in [-0.1, -0.05) is 26.0 Å². The van der Waals surface area contributed by atoms with Crippen molar-refractivity contribution in [2.75, 3.05) is 7.05 Å². The normalized spacial score (nSPS) is 10.6. The van der Waals surface area contributed by atoms with Gasteiger partial charge in [0.05, 0.1) is 6.42 Å². The van der Waals surface area contributed by atoms with Gasteiger partial charge in [-0.3, -0.25) is 9.80 Å². The third-order valence-electron chi connectivity index (χ3n) is 2.04. The second-order valence-corrected chi connectivity index (χ2v) is 5.64. The van der Waals surface area contributed by atoms with E-state index in [0.717, 1.165) is 10.6 Å². The Balaban J connectivity index is 2.61. The number of carbonyl (C=O) groups is 1. The minimum Gasteiger partial charge on any atom is -0.284 e. The van der Waals surface area contributed by atoms with Gasteiger partial charge in [0.1, 0.15) is 0 Å². The van der Waals surface area contributed by atoms with Crippen LogP contribution >= 0.6 is 11.8 Å². The Morgan fingerprint density at radius 1 is 1.38 bits per heavy atom. The number of rotatable bonds is 4. The number of benzene rings is 1. The van der Waals surface area contributed by atoms with Crippen molar-refractivity contribution in [3.05, 3.63) is 29.8 Å². The van der Waals surface area contributed by atoms with Crippen molar-refractivity contribution in [1.82, 2.24) is 5.01 Å². The molecule has 16 heavy (non-hydrogen) atoms. The van der Waals surface area contributed by atoms with Crippen molar-refractivity contribution in [3.63, 3.8) is 0 Å². The van der Waals surface area contributed by atoms with Gasteiger partial charge in [0.25, 0.3) is 0 Å². The van der Waals surface area contributed by atoms with Gasteiger partial charge in [-0.15, -0.1) is 11.8 Å². The van der Waals surface area contributed by atoms with Crippen LogP contribution in [0.25, 0.3) is 0 Å². The van der Waals surface area contributed by atoms with E-state index in [2.05, 4.69) is 13.8 Å². The number of amides is 1. The molecular formula is C12H18N2OS. The van der Waals surface area contributed by atoms with E-state index >= 15 is 0 Å². The van der Waals surface area contributed by atoms with Crippen LogP contribution in [0.2, 0.25) is 0 Å². The number of hydrogen-bond donors (Lipinski definition) is 1. The zero-order chi connectivity index (χ0) is 12.1. The molecule has 3 nitrogen and oxygen atoms in total. The van der Waals surface area contributed by atoms with Gasteiger partial charge in [-0.25, -0.2) is 5.84 Å². The molecule has 0 saturated heterocycles. The van der Waals surface area contributed by atoms with E-state index in [-0.39, 0.29) is 5.91 Å². The molecule has 0 aliphatic heterocycles. The number of carbonyl (C=O) groups excluding carboxylic acids is 1. The first-order valence-corrected chi connectivity index (χ1v) is 6.14. The van der Waals surface area contributed by atoms with Crippen LogP contribution in [0.15, 0.2) is 29.2 Å². The monoisotopic (exact) mass is 238 g/mol. The van der Waals surface area contributed by atoms with Crippen molar-refractivity contribution in [1.29, 1.82) is 0 Å². The van der Waals surface area contributed by atoms with E-state index in [1.807, 2.05) is 36.0 Å². The highest BCUT2D eigenvalue weighted by Crippen LogP contribution is 2.22. The standard InChI is InChI=1S/C12H18N2OS/c1-9(2)16-11-6-4-10(5-7-11)8-12(15)14(3)13/h4-7,9H,8,13H2,1-3H3. The molecule has 0 bridgehead atoms. The molecule has 2 N–H and O–H groups in total. The maximum atomic E-state index is 11.4. The number of hydrazine groups is 1. The molecule has 0 aromatic heterocycles. The molecule has 0 unspecified atom stereocenters. The van der Waals surface area contributed by atoms with Gasteiger partial charge in [-0.05, 0) is 17.7 Å². The summed E-state index contributed by atoms with van der Waals surface area (Å²) in [4.78, 5) is 12.6. The molecule has 88 valence electrons. The van der Waals surface area contributed by atoms with Gasteiger partial charge >= 0.3 is 0 Å². The maximum absolute atomic E-state index is 11.4. The zero-order valence-corrected chi connectivity index (χ0v) is 10.8. The van der Waals surface area contributed by atoms with Gasteiger partial charge in [-0.2, -0.15) is 0 Å². The van der Waals surface area contributed by atoms with E-state index in [0.29, 0.717) is 11.7 Å². The first-order valence-electron chi connectivity index (χ1n) is 5.26. The van der Waals surface area contributed by atoms with Crippen LogP contribution in [-0.4, -0.2) is 23.2 Å². The second kappa shape index (κ2) is 5.92. The molecule has 1 aromatic carbocycles. The van der Waals surface area contributed by atoms with Crippen LogP contribution in [0.3, 0.4) is 0 Å². The molecule has 0 atom stereocenters. The average molecular weight is 238 g/mol. The largest absolute Gasteiger partial charge is 0.284 e. The fourth-order valence-corrected chi connectivity index (χ4v) is 2.09. The molecular weight excluding hydrogens is 220 g/mol. The van der Waals surface area contributed by atoms with Crippen LogP contribution in [0.4, 0.5) is 0 Å². The predicted octanol–water partition coefficient (Wildman–Crippen LogP) is 2.06. The Bertz CT molecular complexity index is 347. The van der Waals surface area contributed by atoms with Crippen LogP contribution in [0, 0.1) is 0 Å². The number of likely N-dealkylation sites (N-methyl/N-ethyl adjacent to an activating group) is 1. The van der Waals surface area contributed by atoms with Gasteiger partial charge < -0.3 is 0 Å². The van der Waals surface area contributed by atoms with Crippen molar-refractivity contribution < 1.29 is 4.79 Å². The lowest BCUT2D eigenvalue weighted by atomic mass is 10.1. The lowest BCUT2D eigenvalue weighted by Gasteiger charge is -2.10. The highest BCUT2D eigenvalue weighted by atomic mass is 32.2. The van der Waals surface area contributed by atoms with E-state index in [4.69, 9.17) is 5.84 Å². The topological polar surface area (TPSA) is 46.3 Å². The first-order chi connectivity index (χ1) is 7.49. The van der Waals surface area contributed by atoms with Crippen molar-refractivity contribution >= 4 is 17.7 Å². The second-order valence-electron chi connectivity index (χ2n) is 3.99. The van der Waals surface area contributed by atoms with E-state index in [1.165, 1.54) is 4.90 Å². The van der Waals surface area contributed by atoms with E-state index < -0.39 is 0 Å². The Kier molecular flexibility index (Phi) is 4.83. The Hall–Kier alpha value is -1.00. The summed E-state index contributed by atoms with van der Waals surface area (Å²) in [6, 6.07) is 8.05. The number of nitrogens with zero attached hydrogens (tertiary/aromatic N) is 1. The lowest BCUT2D eigenvalue weighted by molar-refractivity contribution is -0.129. The molecule has 0 heterocycles. The summed E-state index contributed by atoms with van der Waals surface area (Å²) in [5.74, 6) is 5.28. The van der Waals surface area contributed by atoms with E-state index in [1.54, 1.807) is 7.05 Å². The highest BCUT2D eigenvalue weighted by molar-refractivity contribution is 7.99. The van der Waals surface area contributed by atoms with Gasteiger partial charge in [0.2, 0.25) is 5.91 Å². The lowest BCUT2D eigenvalue weighted by Crippen LogP contribution is -2.34. The van der Waals surface area contributed by atoms with Crippen LogP contribution in [-0.2, 0) is 11.2 Å². The summed E-state index contributed by atoms with van der Waals surface area (Å²) in [6.07, 6.45) is 0.361. The predicted molar refractivity (Wildman–Crippen MR) is 68.1 cm³/mol. The Morgan fingerprint density at radius 2 is 1.94 bits per heavy atom. The molecule has 1 amide bonds. The zero-order valence-electron chi connectivity index (χ0n) is 9.93. The van der Waals surface area contributed by atoms with Crippen LogP contribution in [0.5, 0.6) is 0 Å². The Labute approximate surface area is 101 Å². The summed E-state index contributed by atoms with van der Waals surface area (Å²) in [6.45, 7) is 4.32. The van der Waals surface area contributed by atoms with Crippen LogP contribution in [0.1, 0.15) is 19.4 Å². The van der Waals surface area contributed by atoms with Gasteiger partial charge in [0.15, 0.2) is 0 Å². The molecule has 0 saturated carbocycles. The van der Waals surface area contributed by atoms with Gasteiger partial charge in [0, 0.05) is 17.2 Å². The first kappa shape index (κ1) is 13.1. The Morgan fingerprint density at radius 3 is 2.38 bits per heavy atom. The van der Waals surface area contributed by atoms with Crippen LogP contribution < -0.4 is 5.84 Å². The molecule has 0 aliphatic carbocycles. The number of nitrogens with two attached hydrogens (primary N) is 1. The fourth-order valence-electron chi connectivity index (χ4n) is 1.26. The minimum absolute atomic E-state index is 0.0794. The maximum Gasteiger partial charge on any atom is 0.240 e. The number of hydrogen-bond acceptors (Lipinski definition) is 3. The molecule has 0 radical (unpaired) electrons.